The fraction of sp³-hybridized carbons (Fsp3) is 0.174. The molecule has 1 aliphatic heterocycles. The Kier molecular flexibility index (Phi) is 6.01. The van der Waals surface area contributed by atoms with E-state index in [2.05, 4.69) is 11.1 Å². The van der Waals surface area contributed by atoms with Crippen LogP contribution >= 0.6 is 11.6 Å². The molecule has 156 valence electrons. The smallest absolute Gasteiger partial charge is 0.254 e. The van der Waals surface area contributed by atoms with E-state index in [9.17, 15) is 14.4 Å². The SMILES string of the molecule is N#Cc1nc(C=Cc2ccc(F)cc2)oc1N1CCN(C(=O)c2cccc(Cl)c2)CC1. The van der Waals surface area contributed by atoms with Crippen LogP contribution in [0.1, 0.15) is 27.5 Å². The predicted molar refractivity (Wildman–Crippen MR) is 116 cm³/mol. The standard InChI is InChI=1S/C23H18ClFN4O2/c24-18-3-1-2-17(14-18)22(30)28-10-12-29(13-11-28)23-20(15-26)27-21(31-23)9-6-16-4-7-19(25)8-5-16/h1-9,14H,10-13H2. The quantitative estimate of drug-likeness (QED) is 0.603. The van der Waals surface area contributed by atoms with E-state index in [4.69, 9.17) is 16.0 Å². The minimum atomic E-state index is -0.310. The zero-order valence-corrected chi connectivity index (χ0v) is 17.2. The predicted octanol–water partition coefficient (Wildman–Crippen LogP) is 4.47. The lowest BCUT2D eigenvalue weighted by Gasteiger charge is -2.34. The number of piperazine rings is 1. The maximum atomic E-state index is 13.0. The largest absolute Gasteiger partial charge is 0.420 e. The summed E-state index contributed by atoms with van der Waals surface area (Å²) in [5.74, 6) is 0.280. The molecule has 0 unspecified atom stereocenters. The number of rotatable bonds is 4. The lowest BCUT2D eigenvalue weighted by Crippen LogP contribution is -2.48. The second kappa shape index (κ2) is 9.02. The van der Waals surface area contributed by atoms with Gasteiger partial charge >= 0.3 is 0 Å². The number of hydrogen-bond donors (Lipinski definition) is 0. The summed E-state index contributed by atoms with van der Waals surface area (Å²) in [6, 6.07) is 14.9. The second-order valence-electron chi connectivity index (χ2n) is 6.99. The minimum absolute atomic E-state index is 0.0804. The molecule has 1 aliphatic rings. The molecule has 2 aromatic carbocycles. The van der Waals surface area contributed by atoms with E-state index in [1.54, 1.807) is 53.5 Å². The van der Waals surface area contributed by atoms with Gasteiger partial charge in [0.1, 0.15) is 11.9 Å². The number of carbonyl (C=O) groups is 1. The highest BCUT2D eigenvalue weighted by molar-refractivity contribution is 6.30. The zero-order valence-electron chi connectivity index (χ0n) is 16.5. The fourth-order valence-corrected chi connectivity index (χ4v) is 3.54. The molecule has 1 amide bonds. The zero-order chi connectivity index (χ0) is 21.8. The summed E-state index contributed by atoms with van der Waals surface area (Å²) in [6.45, 7) is 1.99. The van der Waals surface area contributed by atoms with Gasteiger partial charge < -0.3 is 14.2 Å². The van der Waals surface area contributed by atoms with Crippen LogP contribution in [0.3, 0.4) is 0 Å². The Bertz CT molecular complexity index is 1160. The van der Waals surface area contributed by atoms with Crippen molar-refractivity contribution in [3.8, 4) is 6.07 Å². The van der Waals surface area contributed by atoms with Crippen molar-refractivity contribution in [2.24, 2.45) is 0 Å². The summed E-state index contributed by atoms with van der Waals surface area (Å²) < 4.78 is 18.8. The van der Waals surface area contributed by atoms with E-state index in [-0.39, 0.29) is 23.3 Å². The topological polar surface area (TPSA) is 73.4 Å². The maximum absolute atomic E-state index is 13.0. The van der Waals surface area contributed by atoms with Crippen LogP contribution in [0.15, 0.2) is 52.9 Å². The van der Waals surface area contributed by atoms with Crippen molar-refractivity contribution in [3.05, 3.63) is 82.1 Å². The Balaban J connectivity index is 1.44. The van der Waals surface area contributed by atoms with Gasteiger partial charge in [-0.3, -0.25) is 4.79 Å². The number of nitrogens with zero attached hydrogens (tertiary/aromatic N) is 4. The highest BCUT2D eigenvalue weighted by Gasteiger charge is 2.26. The minimum Gasteiger partial charge on any atom is -0.420 e. The first-order valence-corrected chi connectivity index (χ1v) is 10.1. The number of halogens is 2. The molecule has 0 bridgehead atoms. The first-order chi connectivity index (χ1) is 15.0. The molecular weight excluding hydrogens is 419 g/mol. The van der Waals surface area contributed by atoms with Crippen LogP contribution in [0.5, 0.6) is 0 Å². The Labute approximate surface area is 183 Å². The highest BCUT2D eigenvalue weighted by Crippen LogP contribution is 2.25. The first kappa shape index (κ1) is 20.6. The van der Waals surface area contributed by atoms with Crippen LogP contribution in [-0.4, -0.2) is 42.0 Å². The average Bonchev–Trinajstić information content (AvgIpc) is 3.22. The molecule has 3 aromatic rings. The molecule has 0 atom stereocenters. The number of aromatic nitrogens is 1. The second-order valence-corrected chi connectivity index (χ2v) is 7.43. The number of carbonyl (C=O) groups excluding carboxylic acids is 1. The van der Waals surface area contributed by atoms with E-state index in [0.717, 1.165) is 5.56 Å². The highest BCUT2D eigenvalue weighted by atomic mass is 35.5. The Morgan fingerprint density at radius 1 is 1.13 bits per heavy atom. The Morgan fingerprint density at radius 2 is 1.87 bits per heavy atom. The molecular formula is C23H18ClFN4O2. The van der Waals surface area contributed by atoms with Gasteiger partial charge in [-0.15, -0.1) is 0 Å². The molecule has 2 heterocycles. The van der Waals surface area contributed by atoms with Crippen molar-refractivity contribution in [2.45, 2.75) is 0 Å². The summed E-state index contributed by atoms with van der Waals surface area (Å²) in [5.41, 5.74) is 1.52. The summed E-state index contributed by atoms with van der Waals surface area (Å²) in [7, 11) is 0. The number of oxazole rings is 1. The van der Waals surface area contributed by atoms with Crippen molar-refractivity contribution in [1.82, 2.24) is 9.88 Å². The number of hydrogen-bond acceptors (Lipinski definition) is 5. The van der Waals surface area contributed by atoms with Gasteiger partial charge in [-0.05, 0) is 42.0 Å². The molecule has 4 rings (SSSR count). The van der Waals surface area contributed by atoms with Crippen molar-refractivity contribution in [1.29, 1.82) is 5.26 Å². The maximum Gasteiger partial charge on any atom is 0.254 e. The van der Waals surface area contributed by atoms with Crippen LogP contribution in [0.2, 0.25) is 5.02 Å². The van der Waals surface area contributed by atoms with E-state index >= 15 is 0 Å². The average molecular weight is 437 g/mol. The molecule has 31 heavy (non-hydrogen) atoms. The monoisotopic (exact) mass is 436 g/mol. The molecule has 1 aromatic heterocycles. The van der Waals surface area contributed by atoms with Gasteiger partial charge in [0.25, 0.3) is 5.91 Å². The third-order valence-electron chi connectivity index (χ3n) is 4.95. The van der Waals surface area contributed by atoms with Crippen LogP contribution < -0.4 is 4.90 Å². The lowest BCUT2D eigenvalue weighted by atomic mass is 10.2. The normalized spacial score (nSPS) is 14.1. The summed E-state index contributed by atoms with van der Waals surface area (Å²) in [4.78, 5) is 20.6. The Hall–Kier alpha value is -3.63. The number of benzene rings is 2. The number of amides is 1. The van der Waals surface area contributed by atoms with Crippen molar-refractivity contribution in [3.63, 3.8) is 0 Å². The lowest BCUT2D eigenvalue weighted by molar-refractivity contribution is 0.0745. The summed E-state index contributed by atoms with van der Waals surface area (Å²) >= 11 is 5.99. The summed E-state index contributed by atoms with van der Waals surface area (Å²) in [6.07, 6.45) is 3.37. The van der Waals surface area contributed by atoms with Gasteiger partial charge in [0.2, 0.25) is 17.5 Å². The van der Waals surface area contributed by atoms with Crippen LogP contribution in [0.25, 0.3) is 12.2 Å². The van der Waals surface area contributed by atoms with Crippen LogP contribution in [-0.2, 0) is 0 Å². The van der Waals surface area contributed by atoms with Gasteiger partial charge in [-0.2, -0.15) is 10.2 Å². The molecule has 0 aliphatic carbocycles. The van der Waals surface area contributed by atoms with E-state index in [1.165, 1.54) is 12.1 Å². The number of nitriles is 1. The molecule has 1 saturated heterocycles. The summed E-state index contributed by atoms with van der Waals surface area (Å²) in [5, 5.41) is 9.97. The van der Waals surface area contributed by atoms with E-state index in [0.29, 0.717) is 42.6 Å². The van der Waals surface area contributed by atoms with Crippen molar-refractivity contribution < 1.29 is 13.6 Å². The molecule has 0 radical (unpaired) electrons. The Morgan fingerprint density at radius 3 is 2.55 bits per heavy atom. The molecule has 0 N–H and O–H groups in total. The third-order valence-corrected chi connectivity index (χ3v) is 5.18. The fourth-order valence-electron chi connectivity index (χ4n) is 3.34. The van der Waals surface area contributed by atoms with Crippen LogP contribution in [0, 0.1) is 17.1 Å². The molecule has 0 saturated carbocycles. The first-order valence-electron chi connectivity index (χ1n) is 9.68. The van der Waals surface area contributed by atoms with Gasteiger partial charge in [0.05, 0.1) is 0 Å². The number of anilines is 1. The van der Waals surface area contributed by atoms with Gasteiger partial charge in [-0.25, -0.2) is 4.39 Å². The molecule has 8 heteroatoms. The molecule has 6 nitrogen and oxygen atoms in total. The molecule has 0 spiro atoms. The third kappa shape index (κ3) is 4.76. The van der Waals surface area contributed by atoms with Crippen molar-refractivity contribution >= 4 is 35.5 Å². The molecule has 1 fully saturated rings. The van der Waals surface area contributed by atoms with Gasteiger partial charge in [0.15, 0.2) is 0 Å². The van der Waals surface area contributed by atoms with Gasteiger partial charge in [0, 0.05) is 42.8 Å². The van der Waals surface area contributed by atoms with Crippen LogP contribution in [0.4, 0.5) is 10.3 Å². The van der Waals surface area contributed by atoms with Gasteiger partial charge in [-0.1, -0.05) is 29.8 Å². The van der Waals surface area contributed by atoms with E-state index in [1.807, 2.05) is 4.90 Å². The van der Waals surface area contributed by atoms with E-state index < -0.39 is 0 Å². The van der Waals surface area contributed by atoms with Crippen molar-refractivity contribution in [2.75, 3.05) is 31.1 Å².